The number of nitro benzene ring substituents is 1. The summed E-state index contributed by atoms with van der Waals surface area (Å²) in [6, 6.07) is 4.30. The molecule has 1 fully saturated rings. The quantitative estimate of drug-likeness (QED) is 0.502. The van der Waals surface area contributed by atoms with Crippen molar-refractivity contribution in [3.8, 4) is 0 Å². The highest BCUT2D eigenvalue weighted by atomic mass is 16.6. The summed E-state index contributed by atoms with van der Waals surface area (Å²) >= 11 is 0. The molecule has 0 unspecified atom stereocenters. The van der Waals surface area contributed by atoms with Gasteiger partial charge < -0.3 is 10.6 Å². The molecule has 2 N–H and O–H groups in total. The normalized spacial score (nSPS) is 15.7. The van der Waals surface area contributed by atoms with Crippen molar-refractivity contribution in [2.24, 2.45) is 11.7 Å². The van der Waals surface area contributed by atoms with E-state index >= 15 is 0 Å². The van der Waals surface area contributed by atoms with Crippen LogP contribution in [0.25, 0.3) is 0 Å². The molecule has 112 valence electrons. The molecule has 0 atom stereocenters. The Bertz CT molecular complexity index is 565. The summed E-state index contributed by atoms with van der Waals surface area (Å²) in [6.45, 7) is 1.41. The molecule has 1 heterocycles. The molecule has 2 rings (SSSR count). The van der Waals surface area contributed by atoms with Gasteiger partial charge in [-0.2, -0.15) is 0 Å². The first-order valence-corrected chi connectivity index (χ1v) is 6.78. The van der Waals surface area contributed by atoms with E-state index in [0.717, 1.165) is 12.8 Å². The van der Waals surface area contributed by atoms with Crippen molar-refractivity contribution in [3.63, 3.8) is 0 Å². The van der Waals surface area contributed by atoms with Gasteiger partial charge in [-0.15, -0.1) is 0 Å². The monoisotopic (exact) mass is 291 g/mol. The summed E-state index contributed by atoms with van der Waals surface area (Å²) in [4.78, 5) is 34.3. The van der Waals surface area contributed by atoms with Crippen LogP contribution in [-0.2, 0) is 4.79 Å². The van der Waals surface area contributed by atoms with E-state index in [1.54, 1.807) is 6.07 Å². The van der Waals surface area contributed by atoms with Crippen LogP contribution < -0.4 is 10.6 Å². The molecule has 1 aromatic rings. The van der Waals surface area contributed by atoms with Crippen molar-refractivity contribution in [2.75, 3.05) is 18.0 Å². The van der Waals surface area contributed by atoms with Crippen molar-refractivity contribution >= 4 is 23.6 Å². The van der Waals surface area contributed by atoms with Gasteiger partial charge in [0.25, 0.3) is 5.69 Å². The van der Waals surface area contributed by atoms with Crippen LogP contribution in [0.2, 0.25) is 0 Å². The van der Waals surface area contributed by atoms with E-state index in [4.69, 9.17) is 5.73 Å². The van der Waals surface area contributed by atoms with Crippen LogP contribution in [0.3, 0.4) is 0 Å². The fraction of sp³-hybridized carbons (Fsp3) is 0.429. The van der Waals surface area contributed by atoms with E-state index < -0.39 is 4.92 Å². The molecule has 1 amide bonds. The highest BCUT2D eigenvalue weighted by molar-refractivity contribution is 5.86. The Morgan fingerprint density at radius 2 is 2.10 bits per heavy atom. The number of rotatable bonds is 5. The third kappa shape index (κ3) is 3.56. The zero-order chi connectivity index (χ0) is 15.4. The molecule has 0 bridgehead atoms. The van der Waals surface area contributed by atoms with Crippen molar-refractivity contribution < 1.29 is 14.5 Å². The minimum atomic E-state index is -0.518. The van der Waals surface area contributed by atoms with Crippen LogP contribution in [0.1, 0.15) is 29.6 Å². The number of carbonyl (C=O) groups is 2. The summed E-state index contributed by atoms with van der Waals surface area (Å²) in [5.41, 5.74) is 6.12. The largest absolute Gasteiger partial charge is 0.371 e. The smallest absolute Gasteiger partial charge is 0.270 e. The number of anilines is 1. The van der Waals surface area contributed by atoms with E-state index in [9.17, 15) is 19.7 Å². The van der Waals surface area contributed by atoms with E-state index in [1.807, 2.05) is 4.90 Å². The van der Waals surface area contributed by atoms with Gasteiger partial charge in [-0.3, -0.25) is 19.7 Å². The Morgan fingerprint density at radius 3 is 2.62 bits per heavy atom. The summed E-state index contributed by atoms with van der Waals surface area (Å²) in [5.74, 6) is -0.0196. The molecule has 1 saturated heterocycles. The minimum absolute atomic E-state index is 0.0931. The number of carbonyl (C=O) groups excluding carboxylic acids is 2. The fourth-order valence-electron chi connectivity index (χ4n) is 2.70. The van der Waals surface area contributed by atoms with Crippen molar-refractivity contribution in [1.82, 2.24) is 0 Å². The fourth-order valence-corrected chi connectivity index (χ4v) is 2.70. The van der Waals surface area contributed by atoms with Crippen LogP contribution in [0, 0.1) is 16.0 Å². The predicted octanol–water partition coefficient (Wildman–Crippen LogP) is 1.50. The molecule has 21 heavy (non-hydrogen) atoms. The van der Waals surface area contributed by atoms with Gasteiger partial charge in [0, 0.05) is 42.9 Å². The zero-order valence-corrected chi connectivity index (χ0v) is 11.5. The van der Waals surface area contributed by atoms with Crippen LogP contribution in [0.4, 0.5) is 11.4 Å². The Morgan fingerprint density at radius 1 is 1.43 bits per heavy atom. The lowest BCUT2D eigenvalue weighted by molar-refractivity contribution is -0.384. The molecular weight excluding hydrogens is 274 g/mol. The first-order chi connectivity index (χ1) is 10.0. The Labute approximate surface area is 121 Å². The number of hydrogen-bond acceptors (Lipinski definition) is 5. The third-order valence-corrected chi connectivity index (χ3v) is 3.79. The van der Waals surface area contributed by atoms with Crippen LogP contribution in [0.15, 0.2) is 18.2 Å². The van der Waals surface area contributed by atoms with Gasteiger partial charge in [0.15, 0.2) is 6.29 Å². The number of benzene rings is 1. The van der Waals surface area contributed by atoms with Gasteiger partial charge in [-0.25, -0.2) is 0 Å². The third-order valence-electron chi connectivity index (χ3n) is 3.79. The average molecular weight is 291 g/mol. The Balaban J connectivity index is 2.11. The number of primary amides is 1. The van der Waals surface area contributed by atoms with Crippen molar-refractivity contribution in [3.05, 3.63) is 33.9 Å². The molecular formula is C14H17N3O4. The first-order valence-electron chi connectivity index (χ1n) is 6.78. The summed E-state index contributed by atoms with van der Waals surface area (Å²) in [6.07, 6.45) is 2.66. The maximum Gasteiger partial charge on any atom is 0.270 e. The number of aldehydes is 1. The van der Waals surface area contributed by atoms with Crippen molar-refractivity contribution in [2.45, 2.75) is 19.3 Å². The van der Waals surface area contributed by atoms with Gasteiger partial charge in [0.2, 0.25) is 5.91 Å². The summed E-state index contributed by atoms with van der Waals surface area (Å²) in [5, 5.41) is 10.7. The second kappa shape index (κ2) is 6.34. The maximum atomic E-state index is 11.1. The van der Waals surface area contributed by atoms with Crippen molar-refractivity contribution in [1.29, 1.82) is 0 Å². The van der Waals surface area contributed by atoms with E-state index in [2.05, 4.69) is 0 Å². The number of piperidine rings is 1. The average Bonchev–Trinajstić information content (AvgIpc) is 2.46. The molecule has 7 heteroatoms. The lowest BCUT2D eigenvalue weighted by Gasteiger charge is -2.33. The molecule has 0 aromatic heterocycles. The second-order valence-corrected chi connectivity index (χ2v) is 5.22. The summed E-state index contributed by atoms with van der Waals surface area (Å²) in [7, 11) is 0. The number of nitrogens with zero attached hydrogens (tertiary/aromatic N) is 2. The summed E-state index contributed by atoms with van der Waals surface area (Å²) < 4.78 is 0. The van der Waals surface area contributed by atoms with Gasteiger partial charge in [0.05, 0.1) is 4.92 Å². The topological polar surface area (TPSA) is 107 Å². The van der Waals surface area contributed by atoms with E-state index in [-0.39, 0.29) is 17.5 Å². The second-order valence-electron chi connectivity index (χ2n) is 5.22. The van der Waals surface area contributed by atoms with E-state index in [1.165, 1.54) is 12.1 Å². The van der Waals surface area contributed by atoms with Crippen LogP contribution >= 0.6 is 0 Å². The molecule has 0 radical (unpaired) electrons. The number of non-ortho nitro benzene ring substituents is 1. The van der Waals surface area contributed by atoms with Gasteiger partial charge in [-0.1, -0.05) is 0 Å². The van der Waals surface area contributed by atoms with Gasteiger partial charge in [-0.05, 0) is 24.8 Å². The first kappa shape index (κ1) is 15.0. The Hall–Kier alpha value is -2.44. The number of nitrogens with two attached hydrogens (primary N) is 1. The minimum Gasteiger partial charge on any atom is -0.371 e. The molecule has 0 aliphatic carbocycles. The lowest BCUT2D eigenvalue weighted by Crippen LogP contribution is -2.35. The van der Waals surface area contributed by atoms with E-state index in [0.29, 0.717) is 37.0 Å². The molecule has 7 nitrogen and oxygen atoms in total. The number of hydrogen-bond donors (Lipinski definition) is 1. The Kier molecular flexibility index (Phi) is 4.52. The van der Waals surface area contributed by atoms with Crippen LogP contribution in [0.5, 0.6) is 0 Å². The standard InChI is InChI=1S/C14H17N3O4/c15-14(19)7-10-3-5-16(6-4-10)13-2-1-12(17(20)21)8-11(13)9-18/h1-2,8-10H,3-7H2,(H2,15,19). The molecule has 1 aliphatic rings. The molecule has 1 aromatic carbocycles. The molecule has 1 aliphatic heterocycles. The van der Waals surface area contributed by atoms with Crippen LogP contribution in [-0.4, -0.2) is 30.2 Å². The lowest BCUT2D eigenvalue weighted by atomic mass is 9.92. The zero-order valence-electron chi connectivity index (χ0n) is 11.5. The highest BCUT2D eigenvalue weighted by Gasteiger charge is 2.23. The molecule has 0 saturated carbocycles. The molecule has 0 spiro atoms. The predicted molar refractivity (Wildman–Crippen MR) is 77.2 cm³/mol. The van der Waals surface area contributed by atoms with Gasteiger partial charge >= 0.3 is 0 Å². The highest BCUT2D eigenvalue weighted by Crippen LogP contribution is 2.29. The number of amides is 1. The maximum absolute atomic E-state index is 11.1. The number of nitro groups is 1. The SMILES string of the molecule is NC(=O)CC1CCN(c2ccc([N+](=O)[O-])cc2C=O)CC1. The van der Waals surface area contributed by atoms with Gasteiger partial charge in [0.1, 0.15) is 0 Å².